The number of carbonyl (C=O) groups is 2. The molecule has 3 aromatic rings. The molecule has 2 N–H and O–H groups in total. The Labute approximate surface area is 290 Å². The van der Waals surface area contributed by atoms with Crippen molar-refractivity contribution in [2.24, 2.45) is 11.8 Å². The summed E-state index contributed by atoms with van der Waals surface area (Å²) in [5.41, 5.74) is 0.0723. The molecule has 1 aromatic heterocycles. The zero-order valence-electron chi connectivity index (χ0n) is 25.8. The molecule has 17 heteroatoms. The smallest absolute Gasteiger partial charge is 0.387 e. The number of hydrogen-bond donors (Lipinski definition) is 2. The second-order valence-electron chi connectivity index (χ2n) is 11.8. The number of phenolic OH excluding ortho intramolecular Hbond substituents is 1. The summed E-state index contributed by atoms with van der Waals surface area (Å²) in [6.45, 7) is -3.83. The van der Waals surface area contributed by atoms with E-state index < -0.39 is 52.6 Å². The summed E-state index contributed by atoms with van der Waals surface area (Å²) < 4.78 is 74.9. The van der Waals surface area contributed by atoms with Gasteiger partial charge < -0.3 is 29.3 Å². The predicted molar refractivity (Wildman–Crippen MR) is 172 cm³/mol. The number of nitrogens with zero attached hydrogens (tertiary/aromatic N) is 1. The normalized spacial score (nSPS) is 15.0. The van der Waals surface area contributed by atoms with Gasteiger partial charge in [-0.1, -0.05) is 42.1 Å². The van der Waals surface area contributed by atoms with Crippen molar-refractivity contribution in [1.82, 2.24) is 0 Å². The highest BCUT2D eigenvalue weighted by molar-refractivity contribution is 7.92. The molecule has 12 nitrogen and oxygen atoms in total. The number of sulfonamides is 1. The van der Waals surface area contributed by atoms with Crippen LogP contribution in [0.1, 0.15) is 59.7 Å². The van der Waals surface area contributed by atoms with E-state index >= 15 is 0 Å². The van der Waals surface area contributed by atoms with Crippen LogP contribution in [-0.2, 0) is 30.7 Å². The first kappa shape index (κ1) is 36.2. The first-order chi connectivity index (χ1) is 23.3. The maximum absolute atomic E-state index is 13.1. The third-order valence-corrected chi connectivity index (χ3v) is 9.72. The number of pyridine rings is 1. The van der Waals surface area contributed by atoms with Crippen molar-refractivity contribution in [2.45, 2.75) is 51.2 Å². The molecule has 0 radical (unpaired) electrons. The number of nitrogens with one attached hydrogen (secondary N) is 1. The second kappa shape index (κ2) is 15.6. The van der Waals surface area contributed by atoms with E-state index in [2.05, 4.69) is 9.46 Å². The molecule has 2 aromatic carbocycles. The van der Waals surface area contributed by atoms with Gasteiger partial charge in [-0.3, -0.25) is 4.72 Å². The van der Waals surface area contributed by atoms with E-state index in [9.17, 15) is 37.1 Å². The Morgan fingerprint density at radius 3 is 2.37 bits per heavy atom. The van der Waals surface area contributed by atoms with Crippen LogP contribution in [-0.4, -0.2) is 51.0 Å². The van der Waals surface area contributed by atoms with Crippen LogP contribution in [0.3, 0.4) is 0 Å². The number of rotatable bonds is 17. The lowest BCUT2D eigenvalue weighted by Gasteiger charge is -2.21. The highest BCUT2D eigenvalue weighted by atomic mass is 35.5. The van der Waals surface area contributed by atoms with Crippen LogP contribution in [0.15, 0.2) is 48.8 Å². The number of halogens is 4. The SMILES string of the molecule is O=C(COC(=O)c1cc(NS(=O)(=O)CCC2CC2)ccc1O)O[C@@H](Cc1c(Cl)c[n+]([O-])cc1Cl)c1ccc(OC(F)F)c(OCC2CC2)c1. The highest BCUT2D eigenvalue weighted by Gasteiger charge is 2.28. The van der Waals surface area contributed by atoms with Crippen LogP contribution >= 0.6 is 23.2 Å². The van der Waals surface area contributed by atoms with Gasteiger partial charge in [0, 0.05) is 17.7 Å². The van der Waals surface area contributed by atoms with E-state index in [1.54, 1.807) is 0 Å². The molecule has 264 valence electrons. The van der Waals surface area contributed by atoms with Crippen molar-refractivity contribution in [3.63, 3.8) is 0 Å². The fourth-order valence-corrected chi connectivity index (χ4v) is 6.61. The standard InChI is InChI=1S/C32H32Cl2F2N2O10S/c33-24-14-38(42)15-25(34)22(24)13-28(20-5-8-27(48-32(35)36)29(11-20)45-16-19-3-4-19)47-30(40)17-46-31(41)23-12-21(6-7-26(23)39)37-49(43,44)10-9-18-1-2-18/h5-8,11-12,14-15,18-19,28,32,37,39H,1-4,9-10,13,16-17H2/t28-/m0/s1. The first-order valence-electron chi connectivity index (χ1n) is 15.2. The van der Waals surface area contributed by atoms with Gasteiger partial charge in [-0.2, -0.15) is 13.5 Å². The van der Waals surface area contributed by atoms with Gasteiger partial charge in [0.05, 0.1) is 12.4 Å². The number of carbonyl (C=O) groups excluding carboxylic acids is 2. The predicted octanol–water partition coefficient (Wildman–Crippen LogP) is 5.95. The molecule has 49 heavy (non-hydrogen) atoms. The lowest BCUT2D eigenvalue weighted by atomic mass is 10.0. The molecular weight excluding hydrogens is 713 g/mol. The quantitative estimate of drug-likeness (QED) is 0.0731. The van der Waals surface area contributed by atoms with Crippen molar-refractivity contribution < 1.29 is 55.6 Å². The molecule has 0 unspecified atom stereocenters. The van der Waals surface area contributed by atoms with Gasteiger partial charge in [0.25, 0.3) is 0 Å². The number of anilines is 1. The van der Waals surface area contributed by atoms with Gasteiger partial charge in [0.15, 0.2) is 30.5 Å². The molecule has 0 spiro atoms. The van der Waals surface area contributed by atoms with Crippen molar-refractivity contribution in [3.8, 4) is 17.2 Å². The zero-order chi connectivity index (χ0) is 35.3. The number of ether oxygens (including phenoxy) is 4. The lowest BCUT2D eigenvalue weighted by Crippen LogP contribution is -2.26. The summed E-state index contributed by atoms with van der Waals surface area (Å²) >= 11 is 12.5. The molecule has 5 rings (SSSR count). The minimum absolute atomic E-state index is 0.0122. The summed E-state index contributed by atoms with van der Waals surface area (Å²) in [4.78, 5) is 25.9. The Hall–Kier alpha value is -4.08. The Balaban J connectivity index is 1.31. The van der Waals surface area contributed by atoms with Crippen molar-refractivity contribution in [2.75, 3.05) is 23.7 Å². The number of hydrogen-bond acceptors (Lipinski definition) is 10. The molecule has 2 fully saturated rings. The Kier molecular flexibility index (Phi) is 11.6. The number of aromatic nitrogens is 1. The number of aromatic hydroxyl groups is 1. The molecule has 0 amide bonds. The largest absolute Gasteiger partial charge is 0.619 e. The van der Waals surface area contributed by atoms with Gasteiger partial charge >= 0.3 is 18.6 Å². The average Bonchev–Trinajstić information content (AvgIpc) is 3.96. The van der Waals surface area contributed by atoms with Crippen molar-refractivity contribution in [3.05, 3.63) is 80.7 Å². The van der Waals surface area contributed by atoms with Crippen molar-refractivity contribution in [1.29, 1.82) is 0 Å². The minimum atomic E-state index is -3.71. The Bertz CT molecular complexity index is 1780. The maximum Gasteiger partial charge on any atom is 0.387 e. The van der Waals surface area contributed by atoms with E-state index in [1.165, 1.54) is 24.3 Å². The third kappa shape index (κ3) is 10.7. The monoisotopic (exact) mass is 744 g/mol. The van der Waals surface area contributed by atoms with Gasteiger partial charge in [-0.05, 0) is 67.0 Å². The molecule has 0 saturated heterocycles. The number of phenols is 1. The lowest BCUT2D eigenvalue weighted by molar-refractivity contribution is -0.605. The zero-order valence-corrected chi connectivity index (χ0v) is 28.1. The summed E-state index contributed by atoms with van der Waals surface area (Å²) in [5, 5.41) is 22.0. The average molecular weight is 746 g/mol. The first-order valence-corrected chi connectivity index (χ1v) is 17.7. The maximum atomic E-state index is 13.1. The number of benzene rings is 2. The molecule has 2 saturated carbocycles. The van der Waals surface area contributed by atoms with Crippen LogP contribution < -0.4 is 18.9 Å². The summed E-state index contributed by atoms with van der Waals surface area (Å²) in [6.07, 6.45) is 5.01. The molecule has 2 aliphatic carbocycles. The topological polar surface area (TPSA) is 164 Å². The van der Waals surface area contributed by atoms with Crippen LogP contribution in [0.5, 0.6) is 17.2 Å². The highest BCUT2D eigenvalue weighted by Crippen LogP contribution is 2.38. The van der Waals surface area contributed by atoms with E-state index in [0.717, 1.165) is 50.2 Å². The van der Waals surface area contributed by atoms with Gasteiger partial charge in [0.2, 0.25) is 10.0 Å². The van der Waals surface area contributed by atoms with E-state index in [-0.39, 0.29) is 63.1 Å². The molecule has 1 atom stereocenters. The summed E-state index contributed by atoms with van der Waals surface area (Å²) in [5.74, 6) is -2.46. The van der Waals surface area contributed by atoms with E-state index in [1.807, 2.05) is 0 Å². The second-order valence-corrected chi connectivity index (χ2v) is 14.4. The van der Waals surface area contributed by atoms with Crippen molar-refractivity contribution >= 4 is 50.9 Å². The van der Waals surface area contributed by atoms with Crippen LogP contribution in [0, 0.1) is 17.0 Å². The Morgan fingerprint density at radius 2 is 1.71 bits per heavy atom. The Morgan fingerprint density at radius 1 is 1.02 bits per heavy atom. The van der Waals surface area contributed by atoms with Crippen LogP contribution in [0.4, 0.5) is 14.5 Å². The number of alkyl halides is 2. The van der Waals surface area contributed by atoms with E-state index in [0.29, 0.717) is 17.1 Å². The van der Waals surface area contributed by atoms with Gasteiger partial charge in [-0.15, -0.1) is 0 Å². The molecule has 2 aliphatic rings. The summed E-state index contributed by atoms with van der Waals surface area (Å²) in [7, 11) is -3.71. The van der Waals surface area contributed by atoms with Crippen LogP contribution in [0.2, 0.25) is 10.0 Å². The minimum Gasteiger partial charge on any atom is -0.619 e. The van der Waals surface area contributed by atoms with Gasteiger partial charge in [0.1, 0.15) is 27.5 Å². The molecule has 1 heterocycles. The molecular formula is C32H32Cl2F2N2O10S. The van der Waals surface area contributed by atoms with Gasteiger partial charge in [-0.25, -0.2) is 18.0 Å². The fourth-order valence-electron chi connectivity index (χ4n) is 4.78. The molecule has 0 aliphatic heterocycles. The molecule has 0 bridgehead atoms. The summed E-state index contributed by atoms with van der Waals surface area (Å²) in [6, 6.07) is 7.40. The number of esters is 2. The fraction of sp³-hybridized carbons (Fsp3) is 0.406. The van der Waals surface area contributed by atoms with Crippen LogP contribution in [0.25, 0.3) is 0 Å². The van der Waals surface area contributed by atoms with E-state index in [4.69, 9.17) is 37.4 Å². The third-order valence-electron chi connectivity index (χ3n) is 7.75.